The second-order valence-corrected chi connectivity index (χ2v) is 3.22. The van der Waals surface area contributed by atoms with Crippen molar-refractivity contribution in [3.8, 4) is 11.1 Å². The third-order valence-electron chi connectivity index (χ3n) is 2.14. The Morgan fingerprint density at radius 1 is 1.24 bits per heavy atom. The van der Waals surface area contributed by atoms with Crippen LogP contribution in [0.5, 0.6) is 0 Å². The Hall–Kier alpha value is -2.46. The number of aromatic nitrogens is 1. The normalized spacial score (nSPS) is 9.76. The molecule has 0 saturated heterocycles. The van der Waals surface area contributed by atoms with Gasteiger partial charge in [0.15, 0.2) is 0 Å². The van der Waals surface area contributed by atoms with Crippen molar-refractivity contribution in [1.82, 2.24) is 4.98 Å². The van der Waals surface area contributed by atoms with Gasteiger partial charge in [-0.3, -0.25) is 4.98 Å². The molecule has 0 unspecified atom stereocenters. The molecule has 0 atom stereocenters. The van der Waals surface area contributed by atoms with E-state index in [1.54, 1.807) is 12.1 Å². The summed E-state index contributed by atoms with van der Waals surface area (Å²) in [5, 5.41) is 3.15. The molecule has 1 aromatic heterocycles. The summed E-state index contributed by atoms with van der Waals surface area (Å²) in [6.45, 7) is 0. The highest BCUT2D eigenvalue weighted by molar-refractivity contribution is 5.66. The monoisotopic (exact) mass is 232 g/mol. The average molecular weight is 232 g/mol. The zero-order chi connectivity index (χ0) is 12.3. The van der Waals surface area contributed by atoms with Crippen LogP contribution in [0.1, 0.15) is 0 Å². The number of benzene rings is 1. The minimum atomic E-state index is -0.791. The number of nitrogens with zero attached hydrogens (tertiary/aromatic N) is 4. The SMILES string of the molecule is [N-]=[N+]=Nc1cc(F)c(-c2cccnc2)c(F)c1. The summed E-state index contributed by atoms with van der Waals surface area (Å²) in [4.78, 5) is 6.26. The molecule has 17 heavy (non-hydrogen) atoms. The highest BCUT2D eigenvalue weighted by atomic mass is 19.1. The first-order chi connectivity index (χ1) is 8.22. The third-order valence-corrected chi connectivity index (χ3v) is 2.14. The minimum absolute atomic E-state index is 0.102. The number of halogens is 2. The van der Waals surface area contributed by atoms with Gasteiger partial charge in [0, 0.05) is 28.6 Å². The molecule has 0 aliphatic rings. The number of rotatable bonds is 2. The molecule has 0 amide bonds. The smallest absolute Gasteiger partial charge is 0.134 e. The fraction of sp³-hybridized carbons (Fsp3) is 0. The second kappa shape index (κ2) is 4.59. The van der Waals surface area contributed by atoms with Gasteiger partial charge < -0.3 is 0 Å². The molecule has 2 rings (SSSR count). The maximum atomic E-state index is 13.7. The summed E-state index contributed by atoms with van der Waals surface area (Å²) in [6, 6.07) is 5.08. The highest BCUT2D eigenvalue weighted by Gasteiger charge is 2.12. The lowest BCUT2D eigenvalue weighted by Gasteiger charge is -2.05. The lowest BCUT2D eigenvalue weighted by Crippen LogP contribution is -1.90. The van der Waals surface area contributed by atoms with Crippen LogP contribution in [0.15, 0.2) is 41.8 Å². The van der Waals surface area contributed by atoms with Crippen LogP contribution in [0.25, 0.3) is 21.6 Å². The molecular weight excluding hydrogens is 226 g/mol. The molecular formula is C11H6F2N4. The Labute approximate surface area is 95.2 Å². The maximum absolute atomic E-state index is 13.7. The Balaban J connectivity index is 2.60. The van der Waals surface area contributed by atoms with Crippen molar-refractivity contribution in [3.63, 3.8) is 0 Å². The quantitative estimate of drug-likeness (QED) is 0.439. The van der Waals surface area contributed by atoms with Crippen molar-refractivity contribution in [2.24, 2.45) is 5.11 Å². The summed E-state index contributed by atoms with van der Waals surface area (Å²) in [5.74, 6) is -1.58. The van der Waals surface area contributed by atoms with E-state index in [0.717, 1.165) is 12.1 Å². The van der Waals surface area contributed by atoms with Crippen molar-refractivity contribution in [3.05, 3.63) is 58.7 Å². The number of hydrogen-bond donors (Lipinski definition) is 0. The molecule has 0 aliphatic carbocycles. The van der Waals surface area contributed by atoms with Crippen molar-refractivity contribution in [2.45, 2.75) is 0 Å². The van der Waals surface area contributed by atoms with E-state index in [2.05, 4.69) is 15.0 Å². The van der Waals surface area contributed by atoms with Crippen LogP contribution >= 0.6 is 0 Å². The van der Waals surface area contributed by atoms with Crippen LogP contribution in [-0.4, -0.2) is 4.98 Å². The molecule has 1 heterocycles. The van der Waals surface area contributed by atoms with Gasteiger partial charge in [0.25, 0.3) is 0 Å². The third kappa shape index (κ3) is 2.21. The first kappa shape index (κ1) is 11.0. The first-order valence-electron chi connectivity index (χ1n) is 4.67. The minimum Gasteiger partial charge on any atom is -0.264 e. The van der Waals surface area contributed by atoms with E-state index in [-0.39, 0.29) is 11.3 Å². The van der Waals surface area contributed by atoms with E-state index in [1.807, 2.05) is 0 Å². The van der Waals surface area contributed by atoms with Gasteiger partial charge >= 0.3 is 0 Å². The van der Waals surface area contributed by atoms with Crippen LogP contribution in [-0.2, 0) is 0 Å². The second-order valence-electron chi connectivity index (χ2n) is 3.22. The maximum Gasteiger partial charge on any atom is 0.134 e. The fourth-order valence-corrected chi connectivity index (χ4v) is 1.46. The van der Waals surface area contributed by atoms with E-state index >= 15 is 0 Å². The molecule has 4 nitrogen and oxygen atoms in total. The standard InChI is InChI=1S/C11H6F2N4/c12-9-4-8(16-17-14)5-10(13)11(9)7-2-1-3-15-6-7/h1-6H. The van der Waals surface area contributed by atoms with Gasteiger partial charge in [-0.05, 0) is 23.7 Å². The van der Waals surface area contributed by atoms with E-state index in [4.69, 9.17) is 5.53 Å². The summed E-state index contributed by atoms with van der Waals surface area (Å²) in [5.41, 5.74) is 8.23. The molecule has 1 aromatic carbocycles. The first-order valence-corrected chi connectivity index (χ1v) is 4.67. The van der Waals surface area contributed by atoms with E-state index in [0.29, 0.717) is 5.56 Å². The van der Waals surface area contributed by atoms with Gasteiger partial charge in [-0.25, -0.2) is 8.78 Å². The van der Waals surface area contributed by atoms with E-state index in [9.17, 15) is 8.78 Å². The number of hydrogen-bond acceptors (Lipinski definition) is 2. The highest BCUT2D eigenvalue weighted by Crippen LogP contribution is 2.29. The molecule has 0 N–H and O–H groups in total. The Kier molecular flexibility index (Phi) is 2.98. The van der Waals surface area contributed by atoms with Crippen molar-refractivity contribution in [2.75, 3.05) is 0 Å². The zero-order valence-electron chi connectivity index (χ0n) is 8.51. The van der Waals surface area contributed by atoms with Crippen molar-refractivity contribution >= 4 is 5.69 Å². The Bertz CT molecular complexity index is 569. The van der Waals surface area contributed by atoms with Gasteiger partial charge in [-0.1, -0.05) is 11.2 Å². The molecule has 6 heteroatoms. The predicted octanol–water partition coefficient (Wildman–Crippen LogP) is 3.97. The lowest BCUT2D eigenvalue weighted by atomic mass is 10.1. The van der Waals surface area contributed by atoms with Crippen molar-refractivity contribution < 1.29 is 8.78 Å². The van der Waals surface area contributed by atoms with Gasteiger partial charge in [0.05, 0.1) is 5.56 Å². The molecule has 0 radical (unpaired) electrons. The predicted molar refractivity (Wildman–Crippen MR) is 58.4 cm³/mol. The lowest BCUT2D eigenvalue weighted by molar-refractivity contribution is 0.590. The molecule has 0 spiro atoms. The van der Waals surface area contributed by atoms with Crippen LogP contribution in [0.3, 0.4) is 0 Å². The van der Waals surface area contributed by atoms with Crippen LogP contribution < -0.4 is 0 Å². The van der Waals surface area contributed by atoms with Crippen LogP contribution in [0.4, 0.5) is 14.5 Å². The summed E-state index contributed by atoms with van der Waals surface area (Å²) in [6.07, 6.45) is 2.86. The summed E-state index contributed by atoms with van der Waals surface area (Å²) < 4.78 is 27.3. The summed E-state index contributed by atoms with van der Waals surface area (Å²) in [7, 11) is 0. The molecule has 0 bridgehead atoms. The van der Waals surface area contributed by atoms with Gasteiger partial charge in [0.2, 0.25) is 0 Å². The molecule has 2 aromatic rings. The largest absolute Gasteiger partial charge is 0.264 e. The Morgan fingerprint density at radius 3 is 2.47 bits per heavy atom. The van der Waals surface area contributed by atoms with E-state index in [1.165, 1.54) is 12.4 Å². The van der Waals surface area contributed by atoms with Crippen LogP contribution in [0, 0.1) is 11.6 Å². The molecule has 0 fully saturated rings. The van der Waals surface area contributed by atoms with Gasteiger partial charge in [0.1, 0.15) is 11.6 Å². The summed E-state index contributed by atoms with van der Waals surface area (Å²) >= 11 is 0. The Morgan fingerprint density at radius 2 is 1.94 bits per heavy atom. The van der Waals surface area contributed by atoms with Gasteiger partial charge in [-0.2, -0.15) is 0 Å². The number of pyridine rings is 1. The molecule has 84 valence electrons. The van der Waals surface area contributed by atoms with E-state index < -0.39 is 11.6 Å². The van der Waals surface area contributed by atoms with Crippen LogP contribution in [0.2, 0.25) is 0 Å². The zero-order valence-corrected chi connectivity index (χ0v) is 8.51. The number of azide groups is 1. The molecule has 0 aliphatic heterocycles. The van der Waals surface area contributed by atoms with Crippen molar-refractivity contribution in [1.29, 1.82) is 0 Å². The fourth-order valence-electron chi connectivity index (χ4n) is 1.46. The molecule has 0 saturated carbocycles. The van der Waals surface area contributed by atoms with Gasteiger partial charge in [-0.15, -0.1) is 0 Å². The topological polar surface area (TPSA) is 61.7 Å². The average Bonchev–Trinajstić information content (AvgIpc) is 2.30.